The summed E-state index contributed by atoms with van der Waals surface area (Å²) in [7, 11) is -0.828. The Morgan fingerprint density at radius 1 is 1.04 bits per heavy atom. The van der Waals surface area contributed by atoms with Crippen LogP contribution in [0.5, 0.6) is 0 Å². The van der Waals surface area contributed by atoms with Crippen LogP contribution in [0.15, 0.2) is 47.4 Å². The average Bonchev–Trinajstić information content (AvgIpc) is 2.57. The van der Waals surface area contributed by atoms with E-state index in [-0.39, 0.29) is 29.7 Å². The van der Waals surface area contributed by atoms with E-state index in [9.17, 15) is 17.6 Å². The zero-order chi connectivity index (χ0) is 19.5. The summed E-state index contributed by atoms with van der Waals surface area (Å²) in [4.78, 5) is 13.9. The number of rotatable bonds is 6. The Balaban J connectivity index is 2.08. The molecule has 2 aromatic rings. The summed E-state index contributed by atoms with van der Waals surface area (Å²) in [6.07, 6.45) is 0. The van der Waals surface area contributed by atoms with E-state index in [1.54, 1.807) is 31.3 Å². The Bertz CT molecular complexity index is 913. The van der Waals surface area contributed by atoms with Crippen LogP contribution in [0.1, 0.15) is 16.7 Å². The molecule has 0 atom stereocenters. The first kappa shape index (κ1) is 20.1. The summed E-state index contributed by atoms with van der Waals surface area (Å²) in [6.45, 7) is 3.65. The number of aryl methyl sites for hydroxylation is 2. The van der Waals surface area contributed by atoms with Crippen molar-refractivity contribution >= 4 is 15.9 Å². The number of halogens is 1. The summed E-state index contributed by atoms with van der Waals surface area (Å²) < 4.78 is 39.6. The van der Waals surface area contributed by atoms with Crippen molar-refractivity contribution in [1.29, 1.82) is 0 Å². The lowest BCUT2D eigenvalue weighted by molar-refractivity contribution is -0.130. The van der Waals surface area contributed by atoms with Crippen molar-refractivity contribution in [2.24, 2.45) is 0 Å². The SMILES string of the molecule is Cc1ccc(S(=O)(=O)N(C)CC(=O)N(C)Cc2cccc(F)c2)cc1C. The Morgan fingerprint density at radius 2 is 1.73 bits per heavy atom. The molecule has 0 radical (unpaired) electrons. The first-order valence-corrected chi connectivity index (χ1v) is 9.57. The van der Waals surface area contributed by atoms with Crippen LogP contribution in [-0.4, -0.2) is 44.2 Å². The maximum Gasteiger partial charge on any atom is 0.243 e. The van der Waals surface area contributed by atoms with Crippen LogP contribution in [-0.2, 0) is 21.4 Å². The highest BCUT2D eigenvalue weighted by Crippen LogP contribution is 2.18. The van der Waals surface area contributed by atoms with Gasteiger partial charge in [-0.15, -0.1) is 0 Å². The maximum absolute atomic E-state index is 13.2. The van der Waals surface area contributed by atoms with Crippen molar-refractivity contribution in [1.82, 2.24) is 9.21 Å². The smallest absolute Gasteiger partial charge is 0.243 e. The number of nitrogens with zero attached hydrogens (tertiary/aromatic N) is 2. The first-order valence-electron chi connectivity index (χ1n) is 8.13. The number of carbonyl (C=O) groups is 1. The first-order chi connectivity index (χ1) is 12.1. The largest absolute Gasteiger partial charge is 0.340 e. The second-order valence-corrected chi connectivity index (χ2v) is 8.43. The standard InChI is InChI=1S/C19H23FN2O3S/c1-14-8-9-18(10-15(14)2)26(24,25)22(4)13-19(23)21(3)12-16-6-5-7-17(20)11-16/h5-11H,12-13H2,1-4H3. The van der Waals surface area contributed by atoms with Gasteiger partial charge in [0.2, 0.25) is 15.9 Å². The van der Waals surface area contributed by atoms with Crippen LogP contribution in [0, 0.1) is 19.7 Å². The van der Waals surface area contributed by atoms with E-state index in [1.807, 2.05) is 13.8 Å². The van der Waals surface area contributed by atoms with E-state index in [2.05, 4.69) is 0 Å². The van der Waals surface area contributed by atoms with E-state index in [4.69, 9.17) is 0 Å². The highest BCUT2D eigenvalue weighted by molar-refractivity contribution is 7.89. The summed E-state index contributed by atoms with van der Waals surface area (Å²) in [5.41, 5.74) is 2.51. The van der Waals surface area contributed by atoms with Crippen molar-refractivity contribution in [3.63, 3.8) is 0 Å². The number of carbonyl (C=O) groups excluding carboxylic acids is 1. The molecule has 0 fully saturated rings. The molecule has 0 aliphatic rings. The summed E-state index contributed by atoms with van der Waals surface area (Å²) in [6, 6.07) is 10.8. The topological polar surface area (TPSA) is 57.7 Å². The van der Waals surface area contributed by atoms with Gasteiger partial charge in [0, 0.05) is 20.6 Å². The predicted molar refractivity (Wildman–Crippen MR) is 98.6 cm³/mol. The van der Waals surface area contributed by atoms with Gasteiger partial charge in [-0.25, -0.2) is 12.8 Å². The van der Waals surface area contributed by atoms with E-state index < -0.39 is 10.0 Å². The normalized spacial score (nSPS) is 11.6. The van der Waals surface area contributed by atoms with E-state index in [0.717, 1.165) is 15.4 Å². The maximum atomic E-state index is 13.2. The molecule has 0 aliphatic heterocycles. The number of hydrogen-bond acceptors (Lipinski definition) is 3. The third-order valence-corrected chi connectivity index (χ3v) is 6.08. The molecule has 5 nitrogen and oxygen atoms in total. The minimum absolute atomic E-state index is 0.156. The lowest BCUT2D eigenvalue weighted by Gasteiger charge is -2.22. The molecule has 0 aromatic heterocycles. The zero-order valence-electron chi connectivity index (χ0n) is 15.4. The molecule has 0 N–H and O–H groups in total. The number of hydrogen-bond donors (Lipinski definition) is 0. The molecule has 2 rings (SSSR count). The van der Waals surface area contributed by atoms with Gasteiger partial charge in [-0.2, -0.15) is 4.31 Å². The van der Waals surface area contributed by atoms with Crippen LogP contribution >= 0.6 is 0 Å². The Morgan fingerprint density at radius 3 is 2.35 bits per heavy atom. The van der Waals surface area contributed by atoms with Gasteiger partial charge in [-0.05, 0) is 54.8 Å². The van der Waals surface area contributed by atoms with Crippen LogP contribution in [0.4, 0.5) is 4.39 Å². The fourth-order valence-electron chi connectivity index (χ4n) is 2.45. The van der Waals surface area contributed by atoms with Crippen molar-refractivity contribution in [3.05, 3.63) is 65.0 Å². The van der Waals surface area contributed by atoms with E-state index >= 15 is 0 Å². The number of amides is 1. The molecule has 0 saturated heterocycles. The highest BCUT2D eigenvalue weighted by Gasteiger charge is 2.24. The molecule has 0 unspecified atom stereocenters. The summed E-state index contributed by atoms with van der Waals surface area (Å²) >= 11 is 0. The molecule has 0 aliphatic carbocycles. The molecular weight excluding hydrogens is 355 g/mol. The molecule has 0 saturated carbocycles. The average molecular weight is 378 g/mol. The van der Waals surface area contributed by atoms with Gasteiger partial charge in [-0.1, -0.05) is 18.2 Å². The molecule has 26 heavy (non-hydrogen) atoms. The number of sulfonamides is 1. The molecule has 1 amide bonds. The Hall–Kier alpha value is -2.25. The van der Waals surface area contributed by atoms with Crippen molar-refractivity contribution in [2.75, 3.05) is 20.6 Å². The van der Waals surface area contributed by atoms with Gasteiger partial charge in [0.1, 0.15) is 5.82 Å². The zero-order valence-corrected chi connectivity index (χ0v) is 16.2. The van der Waals surface area contributed by atoms with E-state index in [1.165, 1.54) is 30.1 Å². The number of benzene rings is 2. The van der Waals surface area contributed by atoms with Crippen LogP contribution in [0.25, 0.3) is 0 Å². The molecule has 7 heteroatoms. The van der Waals surface area contributed by atoms with Crippen LogP contribution in [0.2, 0.25) is 0 Å². The summed E-state index contributed by atoms with van der Waals surface area (Å²) in [5.74, 6) is -0.748. The minimum atomic E-state index is -3.76. The third-order valence-electron chi connectivity index (χ3n) is 4.28. The third kappa shape index (κ3) is 4.68. The molecule has 0 spiro atoms. The summed E-state index contributed by atoms with van der Waals surface area (Å²) in [5, 5.41) is 0. The second-order valence-electron chi connectivity index (χ2n) is 6.39. The highest BCUT2D eigenvalue weighted by atomic mass is 32.2. The second kappa shape index (κ2) is 7.97. The van der Waals surface area contributed by atoms with E-state index in [0.29, 0.717) is 5.56 Å². The molecule has 0 heterocycles. The van der Waals surface area contributed by atoms with Crippen LogP contribution < -0.4 is 0 Å². The molecule has 0 bridgehead atoms. The van der Waals surface area contributed by atoms with Crippen molar-refractivity contribution in [3.8, 4) is 0 Å². The van der Waals surface area contributed by atoms with Crippen molar-refractivity contribution in [2.45, 2.75) is 25.3 Å². The molecule has 2 aromatic carbocycles. The lowest BCUT2D eigenvalue weighted by atomic mass is 10.1. The lowest BCUT2D eigenvalue weighted by Crippen LogP contribution is -2.39. The minimum Gasteiger partial charge on any atom is -0.340 e. The van der Waals surface area contributed by atoms with Gasteiger partial charge in [0.05, 0.1) is 11.4 Å². The monoisotopic (exact) mass is 378 g/mol. The quantitative estimate of drug-likeness (QED) is 0.777. The molecule has 140 valence electrons. The van der Waals surface area contributed by atoms with Gasteiger partial charge < -0.3 is 4.90 Å². The Labute approximate surface area is 154 Å². The van der Waals surface area contributed by atoms with Gasteiger partial charge in [-0.3, -0.25) is 4.79 Å². The predicted octanol–water partition coefficient (Wildman–Crippen LogP) is 2.72. The van der Waals surface area contributed by atoms with Gasteiger partial charge in [0.25, 0.3) is 0 Å². The number of likely N-dealkylation sites (N-methyl/N-ethyl adjacent to an activating group) is 2. The Kier molecular flexibility index (Phi) is 6.15. The fourth-order valence-corrected chi connectivity index (χ4v) is 3.65. The van der Waals surface area contributed by atoms with Gasteiger partial charge >= 0.3 is 0 Å². The van der Waals surface area contributed by atoms with Crippen LogP contribution in [0.3, 0.4) is 0 Å². The van der Waals surface area contributed by atoms with Crippen molar-refractivity contribution < 1.29 is 17.6 Å². The fraction of sp³-hybridized carbons (Fsp3) is 0.316. The van der Waals surface area contributed by atoms with Gasteiger partial charge in [0.15, 0.2) is 0 Å². The molecular formula is C19H23FN2O3S.